The monoisotopic (exact) mass is 334 g/mol. The predicted octanol–water partition coefficient (Wildman–Crippen LogP) is 0.326. The topological polar surface area (TPSA) is 85.4 Å². The molecule has 8 nitrogen and oxygen atoms in total. The lowest BCUT2D eigenvalue weighted by Crippen LogP contribution is -2.49. The molecule has 0 bridgehead atoms. The second-order valence-electron chi connectivity index (χ2n) is 5.74. The Morgan fingerprint density at radius 1 is 1.25 bits per heavy atom. The van der Waals surface area contributed by atoms with Crippen LogP contribution in [-0.4, -0.2) is 75.0 Å². The molecule has 8 heteroatoms. The van der Waals surface area contributed by atoms with Gasteiger partial charge in [-0.05, 0) is 18.2 Å². The first-order chi connectivity index (χ1) is 11.6. The summed E-state index contributed by atoms with van der Waals surface area (Å²) in [5.41, 5.74) is 2.76. The van der Waals surface area contributed by atoms with Crippen molar-refractivity contribution in [2.24, 2.45) is 0 Å². The quantitative estimate of drug-likeness (QED) is 0.825. The van der Waals surface area contributed by atoms with Gasteiger partial charge < -0.3 is 25.0 Å². The summed E-state index contributed by atoms with van der Waals surface area (Å²) in [7, 11) is 1.84. The van der Waals surface area contributed by atoms with Gasteiger partial charge in [-0.1, -0.05) is 0 Å². The molecule has 0 radical (unpaired) electrons. The van der Waals surface area contributed by atoms with E-state index in [-0.39, 0.29) is 12.0 Å². The van der Waals surface area contributed by atoms with Crippen LogP contribution in [0.2, 0.25) is 0 Å². The highest BCUT2D eigenvalue weighted by Gasteiger charge is 2.26. The van der Waals surface area contributed by atoms with Crippen molar-refractivity contribution in [1.29, 1.82) is 0 Å². The van der Waals surface area contributed by atoms with Crippen molar-refractivity contribution < 1.29 is 19.4 Å². The van der Waals surface area contributed by atoms with E-state index in [1.807, 2.05) is 25.2 Å². The maximum absolute atomic E-state index is 11.7. The van der Waals surface area contributed by atoms with Crippen LogP contribution in [0.3, 0.4) is 0 Å². The number of cyclic esters (lactones) is 1. The first-order valence-electron chi connectivity index (χ1n) is 8.03. The highest BCUT2D eigenvalue weighted by Crippen LogP contribution is 2.32. The van der Waals surface area contributed by atoms with E-state index in [1.165, 1.54) is 0 Å². The van der Waals surface area contributed by atoms with Crippen LogP contribution in [0.25, 0.3) is 0 Å². The van der Waals surface area contributed by atoms with Gasteiger partial charge in [0.1, 0.15) is 13.2 Å². The molecule has 3 rings (SSSR count). The van der Waals surface area contributed by atoms with E-state index in [4.69, 9.17) is 9.84 Å². The molecular formula is C16H22N4O4. The van der Waals surface area contributed by atoms with E-state index in [1.54, 1.807) is 9.80 Å². The lowest BCUT2D eigenvalue weighted by atomic mass is 10.2. The van der Waals surface area contributed by atoms with Crippen LogP contribution >= 0.6 is 0 Å². The average molecular weight is 334 g/mol. The van der Waals surface area contributed by atoms with Crippen LogP contribution in [0, 0.1) is 0 Å². The van der Waals surface area contributed by atoms with Crippen LogP contribution in [0.1, 0.15) is 0 Å². The normalized spacial score (nSPS) is 17.9. The predicted molar refractivity (Wildman–Crippen MR) is 90.6 cm³/mol. The van der Waals surface area contributed by atoms with Gasteiger partial charge in [0.15, 0.2) is 0 Å². The van der Waals surface area contributed by atoms with Crippen molar-refractivity contribution >= 4 is 29.1 Å². The fourth-order valence-electron chi connectivity index (χ4n) is 3.09. The first-order valence-corrected chi connectivity index (χ1v) is 8.03. The Morgan fingerprint density at radius 3 is 2.58 bits per heavy atom. The van der Waals surface area contributed by atoms with Gasteiger partial charge in [0, 0.05) is 38.9 Å². The number of rotatable bonds is 4. The minimum Gasteiger partial charge on any atom is -0.447 e. The summed E-state index contributed by atoms with van der Waals surface area (Å²) in [5.74, 6) is -0.230. The van der Waals surface area contributed by atoms with Crippen molar-refractivity contribution in [3.05, 3.63) is 18.2 Å². The Balaban J connectivity index is 1.74. The molecule has 0 aromatic heterocycles. The number of anilines is 3. The molecule has 24 heavy (non-hydrogen) atoms. The van der Waals surface area contributed by atoms with E-state index in [2.05, 4.69) is 10.2 Å². The zero-order valence-corrected chi connectivity index (χ0v) is 13.7. The van der Waals surface area contributed by atoms with Crippen LogP contribution in [0.4, 0.5) is 21.9 Å². The maximum atomic E-state index is 11.7. The number of hydrogen-bond acceptors (Lipinski definition) is 6. The first kappa shape index (κ1) is 16.4. The Bertz CT molecular complexity index is 629. The molecule has 0 spiro atoms. The molecule has 130 valence electrons. The Kier molecular flexibility index (Phi) is 4.75. The molecular weight excluding hydrogens is 312 g/mol. The summed E-state index contributed by atoms with van der Waals surface area (Å²) in [4.78, 5) is 28.7. The minimum absolute atomic E-state index is 0.230. The van der Waals surface area contributed by atoms with Gasteiger partial charge in [-0.2, -0.15) is 0 Å². The van der Waals surface area contributed by atoms with E-state index in [0.717, 1.165) is 17.1 Å². The van der Waals surface area contributed by atoms with Crippen LogP contribution in [-0.2, 0) is 9.53 Å². The second-order valence-corrected chi connectivity index (χ2v) is 5.74. The summed E-state index contributed by atoms with van der Waals surface area (Å²) < 4.78 is 4.98. The van der Waals surface area contributed by atoms with E-state index >= 15 is 0 Å². The number of ether oxygens (including phenoxy) is 1. The number of nitrogens with zero attached hydrogens (tertiary/aromatic N) is 3. The molecule has 2 amide bonds. The molecule has 2 aliphatic heterocycles. The Labute approximate surface area is 140 Å². The van der Waals surface area contributed by atoms with Crippen LogP contribution in [0.15, 0.2) is 18.2 Å². The minimum atomic E-state index is -0.442. The zero-order chi connectivity index (χ0) is 17.1. The van der Waals surface area contributed by atoms with E-state index in [9.17, 15) is 9.59 Å². The SMILES string of the molecule is CNc1cc(N2CCOC2=O)ccc1N1CCN(C(=O)CO)CC1. The van der Waals surface area contributed by atoms with E-state index in [0.29, 0.717) is 39.3 Å². The third kappa shape index (κ3) is 3.09. The van der Waals surface area contributed by atoms with Gasteiger partial charge in [-0.25, -0.2) is 4.79 Å². The Morgan fingerprint density at radius 2 is 2.00 bits per heavy atom. The number of carbonyl (C=O) groups excluding carboxylic acids is 2. The van der Waals surface area contributed by atoms with Crippen LogP contribution < -0.4 is 15.1 Å². The standard InChI is InChI=1S/C16H22N4O4/c1-17-13-10-12(20-8-9-24-16(20)23)2-3-14(13)18-4-6-19(7-5-18)15(22)11-21/h2-3,10,17,21H,4-9,11H2,1H3. The van der Waals surface area contributed by atoms with Crippen molar-refractivity contribution in [1.82, 2.24) is 4.90 Å². The summed E-state index contributed by atoms with van der Waals surface area (Å²) in [6.45, 7) is 3.10. The molecule has 2 heterocycles. The van der Waals surface area contributed by atoms with Crippen LogP contribution in [0.5, 0.6) is 0 Å². The zero-order valence-electron chi connectivity index (χ0n) is 13.7. The van der Waals surface area contributed by atoms with Gasteiger partial charge in [-0.15, -0.1) is 0 Å². The van der Waals surface area contributed by atoms with Gasteiger partial charge >= 0.3 is 6.09 Å². The number of piperazine rings is 1. The third-order valence-electron chi connectivity index (χ3n) is 4.43. The number of aliphatic hydroxyl groups excluding tert-OH is 1. The summed E-state index contributed by atoms with van der Waals surface area (Å²) >= 11 is 0. The number of amides is 2. The number of aliphatic hydroxyl groups is 1. The summed E-state index contributed by atoms with van der Waals surface area (Å²) in [6, 6.07) is 5.83. The number of hydrogen-bond donors (Lipinski definition) is 2. The highest BCUT2D eigenvalue weighted by molar-refractivity contribution is 5.91. The van der Waals surface area contributed by atoms with Gasteiger partial charge in [-0.3, -0.25) is 9.69 Å². The molecule has 2 saturated heterocycles. The number of carbonyl (C=O) groups is 2. The molecule has 0 atom stereocenters. The molecule has 0 unspecified atom stereocenters. The van der Waals surface area contributed by atoms with Crippen molar-refractivity contribution in [2.45, 2.75) is 0 Å². The number of nitrogens with one attached hydrogen (secondary N) is 1. The fraction of sp³-hybridized carbons (Fsp3) is 0.500. The molecule has 2 N–H and O–H groups in total. The second kappa shape index (κ2) is 6.96. The largest absolute Gasteiger partial charge is 0.447 e. The molecule has 1 aromatic carbocycles. The Hall–Kier alpha value is -2.48. The molecule has 1 aromatic rings. The van der Waals surface area contributed by atoms with Gasteiger partial charge in [0.05, 0.1) is 17.9 Å². The summed E-state index contributed by atoms with van der Waals surface area (Å²) in [5, 5.41) is 12.1. The fourth-order valence-corrected chi connectivity index (χ4v) is 3.09. The van der Waals surface area contributed by atoms with Crippen molar-refractivity contribution in [3.63, 3.8) is 0 Å². The third-order valence-corrected chi connectivity index (χ3v) is 4.43. The molecule has 0 saturated carbocycles. The molecule has 2 aliphatic rings. The number of benzene rings is 1. The van der Waals surface area contributed by atoms with Crippen molar-refractivity contribution in [2.75, 3.05) is 68.1 Å². The van der Waals surface area contributed by atoms with E-state index < -0.39 is 6.61 Å². The maximum Gasteiger partial charge on any atom is 0.414 e. The average Bonchev–Trinajstić information content (AvgIpc) is 3.06. The van der Waals surface area contributed by atoms with Gasteiger partial charge in [0.2, 0.25) is 5.91 Å². The van der Waals surface area contributed by atoms with Crippen molar-refractivity contribution in [3.8, 4) is 0 Å². The molecule has 2 fully saturated rings. The van der Waals surface area contributed by atoms with Gasteiger partial charge in [0.25, 0.3) is 0 Å². The molecule has 0 aliphatic carbocycles. The smallest absolute Gasteiger partial charge is 0.414 e. The lowest BCUT2D eigenvalue weighted by Gasteiger charge is -2.37. The highest BCUT2D eigenvalue weighted by atomic mass is 16.6. The summed E-state index contributed by atoms with van der Waals surface area (Å²) in [6.07, 6.45) is -0.319. The lowest BCUT2D eigenvalue weighted by molar-refractivity contribution is -0.134.